The average molecular weight is 392 g/mol. The Morgan fingerprint density at radius 2 is 1.89 bits per heavy atom. The third-order valence-electron chi connectivity index (χ3n) is 5.44. The van der Waals surface area contributed by atoms with Gasteiger partial charge in [-0.15, -0.1) is 0 Å². The summed E-state index contributed by atoms with van der Waals surface area (Å²) >= 11 is 6.44. The molecule has 2 heterocycles. The first-order chi connectivity index (χ1) is 13.0. The van der Waals surface area contributed by atoms with Crippen LogP contribution in [0.25, 0.3) is 6.08 Å². The lowest BCUT2D eigenvalue weighted by Gasteiger charge is -2.42. The number of hydrogen-bond donors (Lipinski definition) is 0. The Labute approximate surface area is 165 Å². The van der Waals surface area contributed by atoms with E-state index >= 15 is 0 Å². The Bertz CT molecular complexity index is 714. The highest BCUT2D eigenvalue weighted by Crippen LogP contribution is 2.36. The van der Waals surface area contributed by atoms with Gasteiger partial charge >= 0.3 is 6.03 Å². The summed E-state index contributed by atoms with van der Waals surface area (Å²) < 4.78 is 5.13. The van der Waals surface area contributed by atoms with E-state index in [2.05, 4.69) is 4.90 Å². The quantitative estimate of drug-likeness (QED) is 0.699. The van der Waals surface area contributed by atoms with Crippen LogP contribution in [0.4, 0.5) is 4.79 Å². The second-order valence-corrected chi connectivity index (χ2v) is 7.59. The van der Waals surface area contributed by atoms with Gasteiger partial charge in [-0.05, 0) is 24.5 Å². The van der Waals surface area contributed by atoms with Crippen molar-refractivity contribution >= 4 is 29.6 Å². The number of rotatable bonds is 6. The molecule has 0 atom stereocenters. The summed E-state index contributed by atoms with van der Waals surface area (Å²) in [6.45, 7) is 2.93. The Morgan fingerprint density at radius 3 is 2.52 bits per heavy atom. The maximum Gasteiger partial charge on any atom is 0.327 e. The summed E-state index contributed by atoms with van der Waals surface area (Å²) in [7, 11) is 3.16. The van der Waals surface area contributed by atoms with Gasteiger partial charge in [0.05, 0.1) is 6.61 Å². The molecule has 0 aliphatic carbocycles. The summed E-state index contributed by atoms with van der Waals surface area (Å²) in [6, 6.07) is 9.73. The van der Waals surface area contributed by atoms with Crippen molar-refractivity contribution in [3.05, 3.63) is 40.9 Å². The summed E-state index contributed by atoms with van der Waals surface area (Å²) in [5.74, 6) is -0.103. The lowest BCUT2D eigenvalue weighted by molar-refractivity contribution is -0.135. The second kappa shape index (κ2) is 8.42. The van der Waals surface area contributed by atoms with Crippen molar-refractivity contribution in [2.24, 2.45) is 0 Å². The van der Waals surface area contributed by atoms with E-state index in [0.29, 0.717) is 32.5 Å². The molecule has 1 aromatic carbocycles. The molecule has 2 aliphatic heterocycles. The maximum atomic E-state index is 12.8. The smallest absolute Gasteiger partial charge is 0.327 e. The number of carbonyl (C=O) groups excluding carboxylic acids is 2. The zero-order chi connectivity index (χ0) is 19.4. The first-order valence-electron chi connectivity index (χ1n) is 9.20. The van der Waals surface area contributed by atoms with Gasteiger partial charge in [0.1, 0.15) is 5.54 Å². The molecule has 3 amide bonds. The largest absolute Gasteiger partial charge is 0.383 e. The maximum absolute atomic E-state index is 12.8. The number of ether oxygens (including phenoxy) is 1. The van der Waals surface area contributed by atoms with Crippen molar-refractivity contribution in [2.75, 3.05) is 46.9 Å². The molecule has 146 valence electrons. The van der Waals surface area contributed by atoms with E-state index in [4.69, 9.17) is 16.3 Å². The highest BCUT2D eigenvalue weighted by molar-refractivity contribution is 6.31. The number of halogens is 1. The van der Waals surface area contributed by atoms with E-state index in [1.807, 2.05) is 36.4 Å². The fourth-order valence-corrected chi connectivity index (χ4v) is 4.22. The standard InChI is InChI=1S/C20H26ClN3O3/c1-22-18(25)20(24(19(22)26)12-13-27-2)8-10-23(11-9-20)15-17(21)14-16-6-4-3-5-7-16/h3-7,14H,8-13,15H2,1-2H3. The molecule has 27 heavy (non-hydrogen) atoms. The third-order valence-corrected chi connectivity index (χ3v) is 5.67. The second-order valence-electron chi connectivity index (χ2n) is 7.10. The molecule has 0 unspecified atom stereocenters. The monoisotopic (exact) mass is 391 g/mol. The number of carbonyl (C=O) groups is 2. The van der Waals surface area contributed by atoms with E-state index in [1.165, 1.54) is 4.90 Å². The summed E-state index contributed by atoms with van der Waals surface area (Å²) in [4.78, 5) is 30.5. The fourth-order valence-electron chi connectivity index (χ4n) is 3.93. The predicted molar refractivity (Wildman–Crippen MR) is 105 cm³/mol. The van der Waals surface area contributed by atoms with Crippen molar-refractivity contribution in [3.8, 4) is 0 Å². The molecule has 0 N–H and O–H groups in total. The number of imide groups is 1. The van der Waals surface area contributed by atoms with Crippen LogP contribution in [0.5, 0.6) is 0 Å². The molecule has 1 aromatic rings. The van der Waals surface area contributed by atoms with Gasteiger partial charge < -0.3 is 9.64 Å². The minimum Gasteiger partial charge on any atom is -0.383 e. The minimum absolute atomic E-state index is 0.103. The summed E-state index contributed by atoms with van der Waals surface area (Å²) in [6.07, 6.45) is 3.19. The van der Waals surface area contributed by atoms with Gasteiger partial charge in [0.25, 0.3) is 5.91 Å². The Morgan fingerprint density at radius 1 is 1.22 bits per heavy atom. The first kappa shape index (κ1) is 19.9. The van der Waals surface area contributed by atoms with Crippen molar-refractivity contribution in [2.45, 2.75) is 18.4 Å². The van der Waals surface area contributed by atoms with Crippen LogP contribution in [0.3, 0.4) is 0 Å². The van der Waals surface area contributed by atoms with Gasteiger partial charge in [-0.3, -0.25) is 14.6 Å². The van der Waals surface area contributed by atoms with Crippen LogP contribution < -0.4 is 0 Å². The molecule has 1 spiro atoms. The molecule has 0 aromatic heterocycles. The van der Waals surface area contributed by atoms with Crippen molar-refractivity contribution < 1.29 is 14.3 Å². The highest BCUT2D eigenvalue weighted by Gasteiger charge is 2.56. The van der Waals surface area contributed by atoms with Crippen molar-refractivity contribution in [3.63, 3.8) is 0 Å². The van der Waals surface area contributed by atoms with Crippen LogP contribution in [0, 0.1) is 0 Å². The molecule has 3 rings (SSSR count). The van der Waals surface area contributed by atoms with Gasteiger partial charge in [0.2, 0.25) is 0 Å². The first-order valence-corrected chi connectivity index (χ1v) is 9.58. The number of benzene rings is 1. The van der Waals surface area contributed by atoms with E-state index in [0.717, 1.165) is 23.7 Å². The molecule has 6 nitrogen and oxygen atoms in total. The lowest BCUT2D eigenvalue weighted by atomic mass is 9.86. The molecule has 2 fully saturated rings. The SMILES string of the molecule is COCCN1C(=O)N(C)C(=O)C12CCN(CC(Cl)=Cc1ccccc1)CC2. The molecule has 0 saturated carbocycles. The molecule has 2 saturated heterocycles. The molecule has 2 aliphatic rings. The minimum atomic E-state index is -0.740. The lowest BCUT2D eigenvalue weighted by Crippen LogP contribution is -2.57. The Hall–Kier alpha value is -1.89. The van der Waals surface area contributed by atoms with Crippen LogP contribution in [-0.2, 0) is 9.53 Å². The zero-order valence-electron chi connectivity index (χ0n) is 15.9. The summed E-state index contributed by atoms with van der Waals surface area (Å²) in [5, 5.41) is 0.763. The van der Waals surface area contributed by atoms with Crippen LogP contribution in [-0.4, -0.2) is 79.1 Å². The number of methoxy groups -OCH3 is 1. The number of nitrogens with zero attached hydrogens (tertiary/aromatic N) is 3. The fraction of sp³-hybridized carbons (Fsp3) is 0.500. The molecule has 0 bridgehead atoms. The van der Waals surface area contributed by atoms with Gasteiger partial charge in [-0.2, -0.15) is 0 Å². The molecule has 0 radical (unpaired) electrons. The van der Waals surface area contributed by atoms with E-state index in [-0.39, 0.29) is 11.9 Å². The number of likely N-dealkylation sites (N-methyl/N-ethyl adjacent to an activating group) is 1. The van der Waals surface area contributed by atoms with Crippen LogP contribution in [0.2, 0.25) is 0 Å². The topological polar surface area (TPSA) is 53.1 Å². The summed E-state index contributed by atoms with van der Waals surface area (Å²) in [5.41, 5.74) is 0.330. The van der Waals surface area contributed by atoms with Gasteiger partial charge in [-0.1, -0.05) is 41.9 Å². The number of likely N-dealkylation sites (tertiary alicyclic amines) is 1. The van der Waals surface area contributed by atoms with E-state index < -0.39 is 5.54 Å². The zero-order valence-corrected chi connectivity index (χ0v) is 16.6. The number of urea groups is 1. The third kappa shape index (κ3) is 4.03. The van der Waals surface area contributed by atoms with Crippen LogP contribution >= 0.6 is 11.6 Å². The van der Waals surface area contributed by atoms with Gasteiger partial charge in [-0.25, -0.2) is 4.79 Å². The predicted octanol–water partition coefficient (Wildman–Crippen LogP) is 2.64. The van der Waals surface area contributed by atoms with Crippen molar-refractivity contribution in [1.29, 1.82) is 0 Å². The van der Waals surface area contributed by atoms with Crippen LogP contribution in [0.15, 0.2) is 35.4 Å². The van der Waals surface area contributed by atoms with Gasteiger partial charge in [0.15, 0.2) is 0 Å². The van der Waals surface area contributed by atoms with Gasteiger partial charge in [0, 0.05) is 45.4 Å². The van der Waals surface area contributed by atoms with E-state index in [1.54, 1.807) is 19.1 Å². The normalized spacial score (nSPS) is 20.8. The average Bonchev–Trinajstić information content (AvgIpc) is 2.84. The Balaban J connectivity index is 1.65. The van der Waals surface area contributed by atoms with Crippen molar-refractivity contribution in [1.82, 2.24) is 14.7 Å². The molecular formula is C20H26ClN3O3. The molecular weight excluding hydrogens is 366 g/mol. The van der Waals surface area contributed by atoms with E-state index in [9.17, 15) is 9.59 Å². The number of hydrogen-bond acceptors (Lipinski definition) is 4. The number of piperidine rings is 1. The highest BCUT2D eigenvalue weighted by atomic mass is 35.5. The number of amides is 3. The van der Waals surface area contributed by atoms with Crippen LogP contribution in [0.1, 0.15) is 18.4 Å². The molecule has 7 heteroatoms. The Kier molecular flexibility index (Phi) is 6.19.